The summed E-state index contributed by atoms with van der Waals surface area (Å²) >= 11 is 0. The van der Waals surface area contributed by atoms with Gasteiger partial charge >= 0.3 is 0 Å². The SMILES string of the molecule is COc1ccc(OCCNC(=O)CC(=O)Nc2cccc(F)c2)cc1. The van der Waals surface area contributed by atoms with Crippen molar-refractivity contribution in [1.82, 2.24) is 5.32 Å². The molecule has 0 spiro atoms. The highest BCUT2D eigenvalue weighted by Gasteiger charge is 2.09. The summed E-state index contributed by atoms with van der Waals surface area (Å²) in [6.07, 6.45) is -0.348. The summed E-state index contributed by atoms with van der Waals surface area (Å²) in [6.45, 7) is 0.529. The van der Waals surface area contributed by atoms with Crippen molar-refractivity contribution in [3.63, 3.8) is 0 Å². The van der Waals surface area contributed by atoms with Crippen molar-refractivity contribution in [2.45, 2.75) is 6.42 Å². The van der Waals surface area contributed by atoms with Crippen LogP contribution < -0.4 is 20.1 Å². The second-order valence-corrected chi connectivity index (χ2v) is 5.11. The van der Waals surface area contributed by atoms with Gasteiger partial charge in [0.15, 0.2) is 0 Å². The number of carbonyl (C=O) groups is 2. The van der Waals surface area contributed by atoms with Crippen molar-refractivity contribution < 1.29 is 23.5 Å². The maximum atomic E-state index is 13.0. The zero-order chi connectivity index (χ0) is 18.1. The molecule has 132 valence electrons. The molecule has 2 rings (SSSR count). The number of rotatable bonds is 8. The first kappa shape index (κ1) is 18.3. The minimum absolute atomic E-state index is 0.262. The van der Waals surface area contributed by atoms with Crippen LogP contribution in [0.4, 0.5) is 10.1 Å². The molecule has 2 N–H and O–H groups in total. The zero-order valence-corrected chi connectivity index (χ0v) is 13.8. The van der Waals surface area contributed by atoms with Gasteiger partial charge in [0.25, 0.3) is 0 Å². The van der Waals surface area contributed by atoms with E-state index in [0.29, 0.717) is 11.4 Å². The first-order valence-corrected chi connectivity index (χ1v) is 7.66. The van der Waals surface area contributed by atoms with E-state index in [1.165, 1.54) is 18.2 Å². The largest absolute Gasteiger partial charge is 0.497 e. The van der Waals surface area contributed by atoms with E-state index in [4.69, 9.17) is 9.47 Å². The molecule has 0 aliphatic carbocycles. The lowest BCUT2D eigenvalue weighted by atomic mass is 10.3. The molecule has 0 radical (unpaired) electrons. The van der Waals surface area contributed by atoms with Crippen LogP contribution in [0.25, 0.3) is 0 Å². The van der Waals surface area contributed by atoms with E-state index in [0.717, 1.165) is 5.75 Å². The molecule has 6 nitrogen and oxygen atoms in total. The lowest BCUT2D eigenvalue weighted by Crippen LogP contribution is -2.31. The number of amides is 2. The van der Waals surface area contributed by atoms with Crippen LogP contribution in [-0.2, 0) is 9.59 Å². The number of hydrogen-bond acceptors (Lipinski definition) is 4. The lowest BCUT2D eigenvalue weighted by Gasteiger charge is -2.09. The number of halogens is 1. The molecule has 0 aliphatic heterocycles. The molecule has 0 saturated carbocycles. The predicted molar refractivity (Wildman–Crippen MR) is 91.1 cm³/mol. The molecule has 0 atom stereocenters. The highest BCUT2D eigenvalue weighted by Crippen LogP contribution is 2.16. The average Bonchev–Trinajstić information content (AvgIpc) is 2.59. The molecule has 2 amide bonds. The van der Waals surface area contributed by atoms with E-state index in [1.807, 2.05) is 0 Å². The van der Waals surface area contributed by atoms with Gasteiger partial charge in [0.05, 0.1) is 13.7 Å². The first-order chi connectivity index (χ1) is 12.1. The van der Waals surface area contributed by atoms with E-state index in [-0.39, 0.29) is 19.6 Å². The van der Waals surface area contributed by atoms with Gasteiger partial charge in [-0.3, -0.25) is 9.59 Å². The van der Waals surface area contributed by atoms with Crippen LogP contribution in [0.5, 0.6) is 11.5 Å². The van der Waals surface area contributed by atoms with Gasteiger partial charge in [-0.05, 0) is 42.5 Å². The third kappa shape index (κ3) is 6.50. The summed E-state index contributed by atoms with van der Waals surface area (Å²) in [5.41, 5.74) is 0.306. The highest BCUT2D eigenvalue weighted by atomic mass is 19.1. The standard InChI is InChI=1S/C18H19FN2O4/c1-24-15-5-7-16(8-6-15)25-10-9-20-17(22)12-18(23)21-14-4-2-3-13(19)11-14/h2-8,11H,9-10,12H2,1H3,(H,20,22)(H,21,23). The number of anilines is 1. The smallest absolute Gasteiger partial charge is 0.233 e. The van der Waals surface area contributed by atoms with Crippen molar-refractivity contribution in [3.05, 3.63) is 54.3 Å². The summed E-state index contributed by atoms with van der Waals surface area (Å²) in [6, 6.07) is 12.5. The maximum Gasteiger partial charge on any atom is 0.233 e. The van der Waals surface area contributed by atoms with Crippen molar-refractivity contribution in [2.24, 2.45) is 0 Å². The Kier molecular flexibility index (Phi) is 6.76. The van der Waals surface area contributed by atoms with Gasteiger partial charge in [0, 0.05) is 5.69 Å². The number of hydrogen-bond donors (Lipinski definition) is 2. The van der Waals surface area contributed by atoms with Crippen molar-refractivity contribution in [3.8, 4) is 11.5 Å². The van der Waals surface area contributed by atoms with Crippen molar-refractivity contribution >= 4 is 17.5 Å². The third-order valence-corrected chi connectivity index (χ3v) is 3.18. The van der Waals surface area contributed by atoms with E-state index in [2.05, 4.69) is 10.6 Å². The highest BCUT2D eigenvalue weighted by molar-refractivity contribution is 6.03. The van der Waals surface area contributed by atoms with E-state index >= 15 is 0 Å². The fourth-order valence-electron chi connectivity index (χ4n) is 2.01. The quantitative estimate of drug-likeness (QED) is 0.568. The fourth-order valence-corrected chi connectivity index (χ4v) is 2.01. The van der Waals surface area contributed by atoms with Gasteiger partial charge in [-0.2, -0.15) is 0 Å². The van der Waals surface area contributed by atoms with Gasteiger partial charge in [0.1, 0.15) is 30.3 Å². The van der Waals surface area contributed by atoms with E-state index in [9.17, 15) is 14.0 Å². The Morgan fingerprint density at radius 1 is 1.04 bits per heavy atom. The number of benzene rings is 2. The topological polar surface area (TPSA) is 76.7 Å². The van der Waals surface area contributed by atoms with Crippen LogP contribution in [0.3, 0.4) is 0 Å². The minimum Gasteiger partial charge on any atom is -0.497 e. The maximum absolute atomic E-state index is 13.0. The summed E-state index contributed by atoms with van der Waals surface area (Å²) in [5, 5.41) is 5.04. The molecule has 7 heteroatoms. The molecule has 0 aromatic heterocycles. The molecule has 0 heterocycles. The second kappa shape index (κ2) is 9.27. The predicted octanol–water partition coefficient (Wildman–Crippen LogP) is 2.36. The lowest BCUT2D eigenvalue weighted by molar-refractivity contribution is -0.126. The summed E-state index contributed by atoms with van der Waals surface area (Å²) in [7, 11) is 1.58. The van der Waals surface area contributed by atoms with Crippen LogP contribution in [0.2, 0.25) is 0 Å². The normalized spacial score (nSPS) is 10.0. The summed E-state index contributed by atoms with van der Waals surface area (Å²) in [4.78, 5) is 23.4. The fraction of sp³-hybridized carbons (Fsp3) is 0.222. The zero-order valence-electron chi connectivity index (χ0n) is 13.8. The molecule has 0 bridgehead atoms. The Labute approximate surface area is 144 Å². The van der Waals surface area contributed by atoms with Crippen LogP contribution in [0.15, 0.2) is 48.5 Å². The summed E-state index contributed by atoms with van der Waals surface area (Å²) < 4.78 is 23.5. The molecule has 25 heavy (non-hydrogen) atoms. The Morgan fingerprint density at radius 2 is 1.76 bits per heavy atom. The molecular weight excluding hydrogens is 327 g/mol. The monoisotopic (exact) mass is 346 g/mol. The van der Waals surface area contributed by atoms with E-state index < -0.39 is 17.6 Å². The van der Waals surface area contributed by atoms with Crippen molar-refractivity contribution in [2.75, 3.05) is 25.6 Å². The molecule has 2 aromatic rings. The molecule has 0 saturated heterocycles. The Morgan fingerprint density at radius 3 is 2.44 bits per heavy atom. The molecule has 0 fully saturated rings. The van der Waals surface area contributed by atoms with Crippen molar-refractivity contribution in [1.29, 1.82) is 0 Å². The van der Waals surface area contributed by atoms with Crippen LogP contribution in [-0.4, -0.2) is 32.1 Å². The van der Waals surface area contributed by atoms with Crippen LogP contribution in [0, 0.1) is 5.82 Å². The van der Waals surface area contributed by atoms with Gasteiger partial charge in [-0.15, -0.1) is 0 Å². The minimum atomic E-state index is -0.515. The van der Waals surface area contributed by atoms with Gasteiger partial charge < -0.3 is 20.1 Å². The number of nitrogens with one attached hydrogen (secondary N) is 2. The molecule has 0 unspecified atom stereocenters. The molecule has 2 aromatic carbocycles. The molecule has 0 aliphatic rings. The number of methoxy groups -OCH3 is 1. The third-order valence-electron chi connectivity index (χ3n) is 3.18. The Bertz CT molecular complexity index is 719. The van der Waals surface area contributed by atoms with Gasteiger partial charge in [-0.1, -0.05) is 6.07 Å². The first-order valence-electron chi connectivity index (χ1n) is 7.66. The Balaban J connectivity index is 1.65. The van der Waals surface area contributed by atoms with E-state index in [1.54, 1.807) is 37.4 Å². The number of ether oxygens (including phenoxy) is 2. The van der Waals surface area contributed by atoms with Crippen LogP contribution >= 0.6 is 0 Å². The second-order valence-electron chi connectivity index (χ2n) is 5.11. The summed E-state index contributed by atoms with van der Waals surface area (Å²) in [5.74, 6) is -0.0341. The van der Waals surface area contributed by atoms with Gasteiger partial charge in [0.2, 0.25) is 11.8 Å². The van der Waals surface area contributed by atoms with Crippen LogP contribution in [0.1, 0.15) is 6.42 Å². The number of carbonyl (C=O) groups excluding carboxylic acids is 2. The van der Waals surface area contributed by atoms with Gasteiger partial charge in [-0.25, -0.2) is 4.39 Å². The molecular formula is C18H19FN2O4. The Hall–Kier alpha value is -3.09. The average molecular weight is 346 g/mol.